The smallest absolute Gasteiger partial charge is 0.103 e. The highest BCUT2D eigenvalue weighted by Gasteiger charge is 2.22. The molecule has 0 aromatic heterocycles. The number of anilines is 1. The first-order valence-electron chi connectivity index (χ1n) is 6.73. The van der Waals surface area contributed by atoms with Gasteiger partial charge in [-0.15, -0.1) is 11.8 Å². The van der Waals surface area contributed by atoms with Gasteiger partial charge < -0.3 is 9.64 Å². The molecule has 0 N–H and O–H groups in total. The van der Waals surface area contributed by atoms with Crippen LogP contribution < -0.4 is 4.90 Å². The fourth-order valence-corrected chi connectivity index (χ4v) is 3.16. The van der Waals surface area contributed by atoms with E-state index < -0.39 is 0 Å². The van der Waals surface area contributed by atoms with Gasteiger partial charge in [0, 0.05) is 24.6 Å². The van der Waals surface area contributed by atoms with Crippen molar-refractivity contribution in [2.75, 3.05) is 30.9 Å². The molecule has 102 valence electrons. The second-order valence-corrected chi connectivity index (χ2v) is 5.48. The summed E-state index contributed by atoms with van der Waals surface area (Å²) in [5.74, 6) is 0. The van der Waals surface area contributed by atoms with Crippen LogP contribution in [-0.2, 0) is 4.74 Å². The normalized spacial score (nSPS) is 19.2. The Hall–Kier alpha value is -1.18. The van der Waals surface area contributed by atoms with Crippen molar-refractivity contribution >= 4 is 17.4 Å². The lowest BCUT2D eigenvalue weighted by Crippen LogP contribution is -2.40. The van der Waals surface area contributed by atoms with Crippen LogP contribution in [0.15, 0.2) is 23.1 Å². The molecular formula is C15H20N2OS. The average Bonchev–Trinajstić information content (AvgIpc) is 2.47. The van der Waals surface area contributed by atoms with Crippen molar-refractivity contribution < 1.29 is 4.74 Å². The molecule has 1 aromatic rings. The van der Waals surface area contributed by atoms with Crippen molar-refractivity contribution in [2.24, 2.45) is 0 Å². The molecule has 3 nitrogen and oxygen atoms in total. The maximum atomic E-state index is 9.41. The molecule has 19 heavy (non-hydrogen) atoms. The van der Waals surface area contributed by atoms with Gasteiger partial charge in [-0.05, 0) is 38.2 Å². The van der Waals surface area contributed by atoms with Gasteiger partial charge in [0.25, 0.3) is 0 Å². The highest BCUT2D eigenvalue weighted by atomic mass is 32.2. The highest BCUT2D eigenvalue weighted by molar-refractivity contribution is 7.98. The van der Waals surface area contributed by atoms with E-state index in [9.17, 15) is 5.26 Å². The van der Waals surface area contributed by atoms with E-state index in [1.807, 2.05) is 31.4 Å². The molecular weight excluding hydrogens is 256 g/mol. The predicted octanol–water partition coefficient (Wildman–Crippen LogP) is 3.29. The zero-order chi connectivity index (χ0) is 13.7. The van der Waals surface area contributed by atoms with Gasteiger partial charge in [0.2, 0.25) is 0 Å². The summed E-state index contributed by atoms with van der Waals surface area (Å²) in [4.78, 5) is 3.35. The monoisotopic (exact) mass is 276 g/mol. The van der Waals surface area contributed by atoms with Crippen molar-refractivity contribution in [2.45, 2.75) is 30.8 Å². The van der Waals surface area contributed by atoms with E-state index >= 15 is 0 Å². The van der Waals surface area contributed by atoms with E-state index in [4.69, 9.17) is 4.74 Å². The van der Waals surface area contributed by atoms with Crippen LogP contribution in [0.25, 0.3) is 0 Å². The lowest BCUT2D eigenvalue weighted by molar-refractivity contribution is 0.0526. The van der Waals surface area contributed by atoms with Crippen molar-refractivity contribution in [1.82, 2.24) is 0 Å². The molecule has 0 bridgehead atoms. The Kier molecular flexibility index (Phi) is 5.12. The molecule has 1 fully saturated rings. The molecule has 0 radical (unpaired) electrons. The molecule has 1 unspecified atom stereocenters. The second-order valence-electron chi connectivity index (χ2n) is 4.63. The lowest BCUT2D eigenvalue weighted by atomic mass is 10.1. The van der Waals surface area contributed by atoms with Gasteiger partial charge in [-0.25, -0.2) is 0 Å². The molecule has 1 aliphatic rings. The number of nitrogens with zero attached hydrogens (tertiary/aromatic N) is 2. The topological polar surface area (TPSA) is 36.3 Å². The van der Waals surface area contributed by atoms with E-state index in [0.29, 0.717) is 6.10 Å². The maximum Gasteiger partial charge on any atom is 0.103 e. The quantitative estimate of drug-likeness (QED) is 0.791. The summed E-state index contributed by atoms with van der Waals surface area (Å²) < 4.78 is 5.73. The second kappa shape index (κ2) is 6.83. The summed E-state index contributed by atoms with van der Waals surface area (Å²) in [6, 6.07) is 8.45. The summed E-state index contributed by atoms with van der Waals surface area (Å²) in [7, 11) is 0. The summed E-state index contributed by atoms with van der Waals surface area (Å²) in [5.41, 5.74) is 1.85. The fourth-order valence-electron chi connectivity index (χ4n) is 2.59. The van der Waals surface area contributed by atoms with E-state index in [1.165, 1.54) is 0 Å². The molecule has 1 saturated heterocycles. The molecule has 0 amide bonds. The van der Waals surface area contributed by atoms with Crippen molar-refractivity contribution in [3.63, 3.8) is 0 Å². The Bertz CT molecular complexity index is 468. The number of benzene rings is 1. The average molecular weight is 276 g/mol. The third-order valence-electron chi connectivity index (χ3n) is 3.46. The largest absolute Gasteiger partial charge is 0.377 e. The molecule has 0 aliphatic carbocycles. The minimum absolute atomic E-state index is 0.295. The number of hydrogen-bond acceptors (Lipinski definition) is 4. The maximum absolute atomic E-state index is 9.41. The Labute approximate surface area is 119 Å². The minimum Gasteiger partial charge on any atom is -0.377 e. The highest BCUT2D eigenvalue weighted by Crippen LogP contribution is 2.31. The number of hydrogen-bond donors (Lipinski definition) is 0. The van der Waals surface area contributed by atoms with Gasteiger partial charge in [-0.1, -0.05) is 6.07 Å². The summed E-state index contributed by atoms with van der Waals surface area (Å²) >= 11 is 1.63. The first kappa shape index (κ1) is 14.2. The Morgan fingerprint density at radius 3 is 3.05 bits per heavy atom. The number of ether oxygens (including phenoxy) is 1. The van der Waals surface area contributed by atoms with Gasteiger partial charge in [0.15, 0.2) is 0 Å². The number of nitriles is 1. The molecule has 1 aliphatic heterocycles. The molecule has 1 heterocycles. The van der Waals surface area contributed by atoms with Gasteiger partial charge >= 0.3 is 0 Å². The van der Waals surface area contributed by atoms with Crippen LogP contribution in [0.1, 0.15) is 25.3 Å². The number of thioether (sulfide) groups is 1. The van der Waals surface area contributed by atoms with Crippen molar-refractivity contribution in [1.29, 1.82) is 5.26 Å². The van der Waals surface area contributed by atoms with Crippen molar-refractivity contribution in [3.8, 4) is 6.07 Å². The van der Waals surface area contributed by atoms with E-state index in [-0.39, 0.29) is 0 Å². The zero-order valence-corrected chi connectivity index (χ0v) is 12.4. The predicted molar refractivity (Wildman–Crippen MR) is 79.8 cm³/mol. The third-order valence-corrected chi connectivity index (χ3v) is 4.24. The van der Waals surface area contributed by atoms with Gasteiger partial charge in [0.1, 0.15) is 6.07 Å². The van der Waals surface area contributed by atoms with E-state index in [2.05, 4.69) is 11.0 Å². The SMILES string of the molecule is CCOC1CCCN(c2cccc(SC)c2C#N)C1. The first-order valence-corrected chi connectivity index (χ1v) is 7.96. The zero-order valence-electron chi connectivity index (χ0n) is 11.6. The summed E-state index contributed by atoms with van der Waals surface area (Å²) in [6.07, 6.45) is 4.55. The number of piperidine rings is 1. The summed E-state index contributed by atoms with van der Waals surface area (Å²) in [6.45, 7) is 4.69. The van der Waals surface area contributed by atoms with Crippen LogP contribution in [0.5, 0.6) is 0 Å². The molecule has 0 saturated carbocycles. The number of rotatable bonds is 4. The van der Waals surface area contributed by atoms with E-state index in [0.717, 1.165) is 48.7 Å². The van der Waals surface area contributed by atoms with Gasteiger partial charge in [-0.2, -0.15) is 5.26 Å². The Balaban J connectivity index is 2.24. The Morgan fingerprint density at radius 1 is 1.53 bits per heavy atom. The van der Waals surface area contributed by atoms with Crippen LogP contribution in [0.3, 0.4) is 0 Å². The molecule has 2 rings (SSSR count). The standard InChI is InChI=1S/C15H20N2OS/c1-3-18-12-6-5-9-17(11-12)14-7-4-8-15(19-2)13(14)10-16/h4,7-8,12H,3,5-6,9,11H2,1-2H3. The van der Waals surface area contributed by atoms with Gasteiger partial charge in [-0.3, -0.25) is 0 Å². The molecule has 1 atom stereocenters. The summed E-state index contributed by atoms with van der Waals surface area (Å²) in [5, 5.41) is 9.41. The first-order chi connectivity index (χ1) is 9.30. The van der Waals surface area contributed by atoms with Crippen molar-refractivity contribution in [3.05, 3.63) is 23.8 Å². The Morgan fingerprint density at radius 2 is 2.37 bits per heavy atom. The van der Waals surface area contributed by atoms with Gasteiger partial charge in [0.05, 0.1) is 17.4 Å². The lowest BCUT2D eigenvalue weighted by Gasteiger charge is -2.34. The van der Waals surface area contributed by atoms with Crippen LogP contribution >= 0.6 is 11.8 Å². The van der Waals surface area contributed by atoms with E-state index in [1.54, 1.807) is 11.8 Å². The van der Waals surface area contributed by atoms with Crippen LogP contribution in [0.2, 0.25) is 0 Å². The van der Waals surface area contributed by atoms with Crippen LogP contribution in [-0.4, -0.2) is 32.1 Å². The van der Waals surface area contributed by atoms with Crippen LogP contribution in [0, 0.1) is 11.3 Å². The molecule has 0 spiro atoms. The third kappa shape index (κ3) is 3.23. The molecule has 4 heteroatoms. The molecule has 1 aromatic carbocycles. The minimum atomic E-state index is 0.295. The van der Waals surface area contributed by atoms with Crippen LogP contribution in [0.4, 0.5) is 5.69 Å². The fraction of sp³-hybridized carbons (Fsp3) is 0.533.